The molecule has 0 saturated carbocycles. The minimum absolute atomic E-state index is 0.0624. The highest BCUT2D eigenvalue weighted by Gasteiger charge is 2.18. The molecule has 3 rings (SSSR count). The fourth-order valence-corrected chi connectivity index (χ4v) is 2.81. The number of halogens is 1. The van der Waals surface area contributed by atoms with E-state index in [1.807, 2.05) is 67.2 Å². The van der Waals surface area contributed by atoms with Gasteiger partial charge in [0.2, 0.25) is 5.91 Å². The van der Waals surface area contributed by atoms with Crippen LogP contribution < -0.4 is 5.32 Å². The molecule has 2 heterocycles. The third-order valence-corrected chi connectivity index (χ3v) is 4.41. The molecule has 0 saturated heterocycles. The maximum absolute atomic E-state index is 12.4. The van der Waals surface area contributed by atoms with E-state index in [4.69, 9.17) is 0 Å². The molecule has 24 heavy (non-hydrogen) atoms. The van der Waals surface area contributed by atoms with Crippen LogP contribution in [0.15, 0.2) is 65.7 Å². The average molecular weight is 387 g/mol. The Kier molecular flexibility index (Phi) is 4.85. The van der Waals surface area contributed by atoms with Crippen LogP contribution >= 0.6 is 15.9 Å². The van der Waals surface area contributed by atoms with Crippen LogP contribution in [0.2, 0.25) is 0 Å². The second-order valence-electron chi connectivity index (χ2n) is 5.73. The van der Waals surface area contributed by atoms with E-state index in [9.17, 15) is 4.79 Å². The first-order valence-corrected chi connectivity index (χ1v) is 8.57. The number of carbonyl (C=O) groups excluding carboxylic acids is 1. The predicted octanol–water partition coefficient (Wildman–Crippen LogP) is 3.87. The summed E-state index contributed by atoms with van der Waals surface area (Å²) in [5, 5.41) is 7.20. The number of aromatic nitrogens is 3. The minimum Gasteiger partial charge on any atom is -0.348 e. The number of carbonyl (C=O) groups is 1. The Hall–Kier alpha value is -2.34. The highest BCUT2D eigenvalue weighted by atomic mass is 79.9. The molecule has 1 amide bonds. The monoisotopic (exact) mass is 386 g/mol. The molecule has 0 aliphatic rings. The molecule has 0 spiro atoms. The molecular formula is C18H19BrN4O. The van der Waals surface area contributed by atoms with Crippen molar-refractivity contribution < 1.29 is 4.79 Å². The Morgan fingerprint density at radius 2 is 1.83 bits per heavy atom. The summed E-state index contributed by atoms with van der Waals surface area (Å²) in [5.41, 5.74) is 2.16. The van der Waals surface area contributed by atoms with Crippen LogP contribution in [0.4, 0.5) is 0 Å². The minimum atomic E-state index is -0.363. The van der Waals surface area contributed by atoms with Gasteiger partial charge in [-0.05, 0) is 59.6 Å². The Labute approximate surface area is 149 Å². The second kappa shape index (κ2) is 7.05. The summed E-state index contributed by atoms with van der Waals surface area (Å²) in [7, 11) is 0. The standard InChI is InChI=1S/C18H19BrN4O/c1-13(21-18(24)14(2)23-12-16(19)11-20-23)15-5-7-17(8-6-15)22-9-3-4-10-22/h3-14H,1-2H3,(H,21,24). The fourth-order valence-electron chi connectivity index (χ4n) is 2.51. The van der Waals surface area contributed by atoms with Crippen LogP contribution in [-0.4, -0.2) is 20.3 Å². The van der Waals surface area contributed by atoms with E-state index in [-0.39, 0.29) is 18.0 Å². The molecule has 0 radical (unpaired) electrons. The van der Waals surface area contributed by atoms with Crippen molar-refractivity contribution in [1.82, 2.24) is 19.7 Å². The zero-order chi connectivity index (χ0) is 17.1. The molecule has 0 aliphatic heterocycles. The van der Waals surface area contributed by atoms with Crippen molar-refractivity contribution in [3.63, 3.8) is 0 Å². The number of hydrogen-bond acceptors (Lipinski definition) is 2. The molecular weight excluding hydrogens is 368 g/mol. The maximum Gasteiger partial charge on any atom is 0.245 e. The van der Waals surface area contributed by atoms with Crippen LogP contribution in [0.3, 0.4) is 0 Å². The highest BCUT2D eigenvalue weighted by molar-refractivity contribution is 9.10. The zero-order valence-corrected chi connectivity index (χ0v) is 15.1. The normalized spacial score (nSPS) is 13.5. The first kappa shape index (κ1) is 16.5. The lowest BCUT2D eigenvalue weighted by atomic mass is 10.1. The Balaban J connectivity index is 1.66. The summed E-state index contributed by atoms with van der Waals surface area (Å²) in [5.74, 6) is -0.0624. The molecule has 124 valence electrons. The first-order chi connectivity index (χ1) is 11.5. The molecule has 2 atom stereocenters. The molecule has 5 nitrogen and oxygen atoms in total. The molecule has 1 N–H and O–H groups in total. The van der Waals surface area contributed by atoms with Crippen molar-refractivity contribution >= 4 is 21.8 Å². The maximum atomic E-state index is 12.4. The third kappa shape index (κ3) is 3.59. The van der Waals surface area contributed by atoms with Gasteiger partial charge in [-0.25, -0.2) is 0 Å². The summed E-state index contributed by atoms with van der Waals surface area (Å²) in [4.78, 5) is 12.4. The molecule has 2 unspecified atom stereocenters. The molecule has 0 aliphatic carbocycles. The van der Waals surface area contributed by atoms with Crippen molar-refractivity contribution in [2.24, 2.45) is 0 Å². The number of rotatable bonds is 5. The highest BCUT2D eigenvalue weighted by Crippen LogP contribution is 2.18. The van der Waals surface area contributed by atoms with Crippen molar-refractivity contribution in [2.45, 2.75) is 25.9 Å². The van der Waals surface area contributed by atoms with E-state index in [1.54, 1.807) is 17.1 Å². The van der Waals surface area contributed by atoms with Crippen molar-refractivity contribution in [1.29, 1.82) is 0 Å². The third-order valence-electron chi connectivity index (χ3n) is 4.00. The van der Waals surface area contributed by atoms with Gasteiger partial charge in [-0.2, -0.15) is 5.10 Å². The fraction of sp³-hybridized carbons (Fsp3) is 0.222. The predicted molar refractivity (Wildman–Crippen MR) is 97.0 cm³/mol. The van der Waals surface area contributed by atoms with E-state index in [2.05, 4.69) is 26.3 Å². The second-order valence-corrected chi connectivity index (χ2v) is 6.64. The molecule has 0 bridgehead atoms. The van der Waals surface area contributed by atoms with E-state index < -0.39 is 0 Å². The summed E-state index contributed by atoms with van der Waals surface area (Å²) in [6, 6.07) is 11.7. The molecule has 6 heteroatoms. The van der Waals surface area contributed by atoms with Gasteiger partial charge in [0, 0.05) is 24.3 Å². The van der Waals surface area contributed by atoms with E-state index in [0.717, 1.165) is 15.7 Å². The largest absolute Gasteiger partial charge is 0.348 e. The summed E-state index contributed by atoms with van der Waals surface area (Å²) >= 11 is 3.34. The lowest BCUT2D eigenvalue weighted by Gasteiger charge is -2.18. The van der Waals surface area contributed by atoms with Crippen LogP contribution in [0.5, 0.6) is 0 Å². The summed E-state index contributed by atoms with van der Waals surface area (Å²) in [6.45, 7) is 3.81. The molecule has 3 aromatic rings. The Bertz CT molecular complexity index is 808. The smallest absolute Gasteiger partial charge is 0.245 e. The topological polar surface area (TPSA) is 51.9 Å². The summed E-state index contributed by atoms with van der Waals surface area (Å²) < 4.78 is 4.54. The molecule has 1 aromatic carbocycles. The quantitative estimate of drug-likeness (QED) is 0.723. The van der Waals surface area contributed by atoms with Crippen LogP contribution in [-0.2, 0) is 4.79 Å². The average Bonchev–Trinajstić information content (AvgIpc) is 3.25. The Morgan fingerprint density at radius 3 is 2.42 bits per heavy atom. The molecule has 2 aromatic heterocycles. The van der Waals surface area contributed by atoms with E-state index >= 15 is 0 Å². The van der Waals surface area contributed by atoms with Gasteiger partial charge in [0.1, 0.15) is 6.04 Å². The zero-order valence-electron chi connectivity index (χ0n) is 13.6. The lowest BCUT2D eigenvalue weighted by Crippen LogP contribution is -2.33. The van der Waals surface area contributed by atoms with Gasteiger partial charge in [0.05, 0.1) is 16.7 Å². The van der Waals surface area contributed by atoms with Crippen molar-refractivity contribution in [3.8, 4) is 5.69 Å². The van der Waals surface area contributed by atoms with Gasteiger partial charge in [-0.15, -0.1) is 0 Å². The number of amides is 1. The van der Waals surface area contributed by atoms with Gasteiger partial charge in [-0.1, -0.05) is 12.1 Å². The SMILES string of the molecule is CC(NC(=O)C(C)n1cc(Br)cn1)c1ccc(-n2cccc2)cc1. The van der Waals surface area contributed by atoms with Gasteiger partial charge < -0.3 is 9.88 Å². The Morgan fingerprint density at radius 1 is 1.17 bits per heavy atom. The van der Waals surface area contributed by atoms with Crippen LogP contribution in [0.25, 0.3) is 5.69 Å². The number of nitrogens with one attached hydrogen (secondary N) is 1. The summed E-state index contributed by atoms with van der Waals surface area (Å²) in [6.07, 6.45) is 7.47. The number of benzene rings is 1. The molecule has 0 fully saturated rings. The van der Waals surface area contributed by atoms with E-state index in [1.165, 1.54) is 0 Å². The van der Waals surface area contributed by atoms with Crippen LogP contribution in [0.1, 0.15) is 31.5 Å². The first-order valence-electron chi connectivity index (χ1n) is 7.78. The lowest BCUT2D eigenvalue weighted by molar-refractivity contribution is -0.124. The van der Waals surface area contributed by atoms with Crippen LogP contribution in [0, 0.1) is 0 Å². The van der Waals surface area contributed by atoms with Gasteiger partial charge >= 0.3 is 0 Å². The van der Waals surface area contributed by atoms with Crippen molar-refractivity contribution in [2.75, 3.05) is 0 Å². The van der Waals surface area contributed by atoms with Gasteiger partial charge in [0.15, 0.2) is 0 Å². The van der Waals surface area contributed by atoms with Gasteiger partial charge in [-0.3, -0.25) is 9.48 Å². The van der Waals surface area contributed by atoms with Crippen molar-refractivity contribution in [3.05, 3.63) is 71.2 Å². The number of nitrogens with zero attached hydrogens (tertiary/aromatic N) is 3. The van der Waals surface area contributed by atoms with E-state index in [0.29, 0.717) is 0 Å². The van der Waals surface area contributed by atoms with Gasteiger partial charge in [0.25, 0.3) is 0 Å². The number of hydrogen-bond donors (Lipinski definition) is 1.